The third-order valence-corrected chi connectivity index (χ3v) is 4.48. The summed E-state index contributed by atoms with van der Waals surface area (Å²) in [6.45, 7) is 7.16. The van der Waals surface area contributed by atoms with E-state index in [1.165, 1.54) is 43.4 Å². The first-order valence-electron chi connectivity index (χ1n) is 10.5. The molecule has 0 rings (SSSR count). The second kappa shape index (κ2) is 16.8. The quantitative estimate of drug-likeness (QED) is 0.281. The van der Waals surface area contributed by atoms with Crippen LogP contribution in [0.4, 0.5) is 4.79 Å². The minimum atomic E-state index is -0.617. The number of esters is 1. The average molecular weight is 388 g/mol. The molecule has 1 amide bonds. The summed E-state index contributed by atoms with van der Waals surface area (Å²) in [5, 5.41) is 0. The van der Waals surface area contributed by atoms with Crippen molar-refractivity contribution in [1.29, 1.82) is 0 Å². The van der Waals surface area contributed by atoms with Gasteiger partial charge in [-0.3, -0.25) is 4.90 Å². The molecule has 1 unspecified atom stereocenters. The van der Waals surface area contributed by atoms with Crippen LogP contribution in [-0.2, 0) is 19.0 Å². The number of ether oxygens (including phenoxy) is 3. The predicted molar refractivity (Wildman–Crippen MR) is 108 cm³/mol. The first-order chi connectivity index (χ1) is 12.9. The summed E-state index contributed by atoms with van der Waals surface area (Å²) in [4.78, 5) is 25.9. The number of hydrogen-bond acceptors (Lipinski definition) is 5. The molecule has 0 fully saturated rings. The van der Waals surface area contributed by atoms with Crippen molar-refractivity contribution in [2.45, 2.75) is 84.6 Å². The van der Waals surface area contributed by atoms with E-state index in [9.17, 15) is 9.59 Å². The zero-order chi connectivity index (χ0) is 20.5. The molecule has 1 atom stereocenters. The molecule has 27 heavy (non-hydrogen) atoms. The molecule has 0 N–H and O–H groups in total. The monoisotopic (exact) mass is 387 g/mol. The lowest BCUT2D eigenvalue weighted by Crippen LogP contribution is -2.44. The lowest BCUT2D eigenvalue weighted by atomic mass is 10.0. The molecule has 0 aliphatic rings. The minimum absolute atomic E-state index is 0.168. The molecular weight excluding hydrogens is 346 g/mol. The maximum atomic E-state index is 12.5. The number of amides is 1. The van der Waals surface area contributed by atoms with Gasteiger partial charge in [-0.2, -0.15) is 0 Å². The third-order valence-electron chi connectivity index (χ3n) is 4.48. The highest BCUT2D eigenvalue weighted by Crippen LogP contribution is 2.14. The maximum absolute atomic E-state index is 12.5. The number of likely N-dealkylation sites (N-methyl/N-ethyl adjacent to an activating group) is 1. The van der Waals surface area contributed by atoms with Gasteiger partial charge in [0.25, 0.3) is 0 Å². The highest BCUT2D eigenvalue weighted by molar-refractivity contribution is 5.81. The Morgan fingerprint density at radius 1 is 0.852 bits per heavy atom. The first-order valence-corrected chi connectivity index (χ1v) is 10.5. The van der Waals surface area contributed by atoms with Gasteiger partial charge in [-0.05, 0) is 18.8 Å². The van der Waals surface area contributed by atoms with Gasteiger partial charge in [0.05, 0.1) is 13.2 Å². The fraction of sp³-hybridized carbons (Fsp3) is 0.905. The smallest absolute Gasteiger partial charge is 0.410 e. The van der Waals surface area contributed by atoms with Crippen LogP contribution in [0.2, 0.25) is 0 Å². The van der Waals surface area contributed by atoms with Gasteiger partial charge >= 0.3 is 12.1 Å². The minimum Gasteiger partial charge on any atom is -0.464 e. The molecule has 0 aromatic rings. The third kappa shape index (κ3) is 13.5. The van der Waals surface area contributed by atoms with Gasteiger partial charge in [0, 0.05) is 14.2 Å². The number of carbonyl (C=O) groups is 2. The van der Waals surface area contributed by atoms with Crippen LogP contribution in [0.15, 0.2) is 0 Å². The van der Waals surface area contributed by atoms with E-state index in [0.29, 0.717) is 19.6 Å². The molecule has 0 bridgehead atoms. The van der Waals surface area contributed by atoms with E-state index >= 15 is 0 Å². The van der Waals surface area contributed by atoms with Crippen LogP contribution in [0.25, 0.3) is 0 Å². The van der Waals surface area contributed by atoms with Crippen LogP contribution in [0, 0.1) is 5.92 Å². The van der Waals surface area contributed by atoms with E-state index < -0.39 is 12.1 Å². The molecule has 6 nitrogen and oxygen atoms in total. The topological polar surface area (TPSA) is 65.1 Å². The van der Waals surface area contributed by atoms with Gasteiger partial charge in [0.2, 0.25) is 0 Å². The van der Waals surface area contributed by atoms with E-state index in [2.05, 4.69) is 6.92 Å². The molecule has 0 saturated heterocycles. The molecule has 0 heterocycles. The largest absolute Gasteiger partial charge is 0.464 e. The summed E-state index contributed by atoms with van der Waals surface area (Å²) in [5.74, 6) is -0.0854. The van der Waals surface area contributed by atoms with Crippen LogP contribution in [0.3, 0.4) is 0 Å². The Morgan fingerprint density at radius 2 is 1.44 bits per heavy atom. The van der Waals surface area contributed by atoms with Gasteiger partial charge in [-0.25, -0.2) is 9.59 Å². The molecule has 0 spiro atoms. The molecule has 0 aromatic heterocycles. The zero-order valence-corrected chi connectivity index (χ0v) is 18.1. The number of hydrogen-bond donors (Lipinski definition) is 0. The summed E-state index contributed by atoms with van der Waals surface area (Å²) in [6, 6.07) is -0.617. The Balaban J connectivity index is 4.20. The zero-order valence-electron chi connectivity index (χ0n) is 18.1. The second-order valence-corrected chi connectivity index (χ2v) is 7.51. The number of unbranched alkanes of at least 4 members (excludes halogenated alkanes) is 7. The number of carbonyl (C=O) groups excluding carboxylic acids is 2. The molecule has 0 aliphatic carbocycles. The van der Waals surface area contributed by atoms with Crippen molar-refractivity contribution in [3.8, 4) is 0 Å². The van der Waals surface area contributed by atoms with E-state index in [0.717, 1.165) is 12.8 Å². The molecule has 0 saturated carbocycles. The van der Waals surface area contributed by atoms with E-state index in [1.54, 1.807) is 14.2 Å². The average Bonchev–Trinajstić information content (AvgIpc) is 2.64. The molecular formula is C21H41NO5. The summed E-state index contributed by atoms with van der Waals surface area (Å²) in [5.41, 5.74) is 0. The molecule has 6 heteroatoms. The summed E-state index contributed by atoms with van der Waals surface area (Å²) >= 11 is 0. The van der Waals surface area contributed by atoms with Gasteiger partial charge < -0.3 is 14.2 Å². The van der Waals surface area contributed by atoms with E-state index in [4.69, 9.17) is 14.2 Å². The highest BCUT2D eigenvalue weighted by atomic mass is 16.6. The highest BCUT2D eigenvalue weighted by Gasteiger charge is 2.29. The second-order valence-electron chi connectivity index (χ2n) is 7.51. The standard InChI is InChI=1S/C21H41NO5/c1-6-7-8-9-10-11-12-13-14-26-20(23)19(17-18(2)3)22(4)21(24)27-16-15-25-5/h18-19H,6-17H2,1-5H3. The SMILES string of the molecule is CCCCCCCCCCOC(=O)C(CC(C)C)N(C)C(=O)OCCOC. The van der Waals surface area contributed by atoms with Gasteiger partial charge in [-0.1, -0.05) is 65.7 Å². The van der Waals surface area contributed by atoms with Gasteiger partial charge in [-0.15, -0.1) is 0 Å². The number of nitrogens with zero attached hydrogens (tertiary/aromatic N) is 1. The number of rotatable bonds is 16. The fourth-order valence-electron chi connectivity index (χ4n) is 2.81. The molecule has 0 aromatic carbocycles. The molecule has 160 valence electrons. The lowest BCUT2D eigenvalue weighted by Gasteiger charge is -2.27. The summed E-state index contributed by atoms with van der Waals surface area (Å²) in [7, 11) is 3.13. The summed E-state index contributed by atoms with van der Waals surface area (Å²) < 4.78 is 15.4. The van der Waals surface area contributed by atoms with Crippen LogP contribution in [0.1, 0.15) is 78.6 Å². The van der Waals surface area contributed by atoms with Gasteiger partial charge in [0.1, 0.15) is 12.6 Å². The van der Waals surface area contributed by atoms with Crippen molar-refractivity contribution in [2.24, 2.45) is 5.92 Å². The Bertz CT molecular complexity index is 387. The molecule has 0 aliphatic heterocycles. The Labute approximate surface area is 165 Å². The Kier molecular flexibility index (Phi) is 16.0. The van der Waals surface area contributed by atoms with Crippen LogP contribution >= 0.6 is 0 Å². The Hall–Kier alpha value is -1.30. The van der Waals surface area contributed by atoms with Gasteiger partial charge in [0.15, 0.2) is 0 Å². The molecule has 0 radical (unpaired) electrons. The van der Waals surface area contributed by atoms with Crippen LogP contribution < -0.4 is 0 Å². The van der Waals surface area contributed by atoms with Crippen molar-refractivity contribution < 1.29 is 23.8 Å². The summed E-state index contributed by atoms with van der Waals surface area (Å²) in [6.07, 6.45) is 9.59. The van der Waals surface area contributed by atoms with Crippen molar-refractivity contribution in [2.75, 3.05) is 34.0 Å². The van der Waals surface area contributed by atoms with Crippen molar-refractivity contribution in [3.05, 3.63) is 0 Å². The maximum Gasteiger partial charge on any atom is 0.410 e. The van der Waals surface area contributed by atoms with E-state index in [1.807, 2.05) is 13.8 Å². The van der Waals surface area contributed by atoms with Crippen molar-refractivity contribution in [1.82, 2.24) is 4.90 Å². The number of methoxy groups -OCH3 is 1. The van der Waals surface area contributed by atoms with Crippen LogP contribution in [0.5, 0.6) is 0 Å². The van der Waals surface area contributed by atoms with Crippen LogP contribution in [-0.4, -0.2) is 57.0 Å². The predicted octanol–water partition coefficient (Wildman–Crippen LogP) is 4.80. The Morgan fingerprint density at radius 3 is 2.00 bits per heavy atom. The van der Waals surface area contributed by atoms with Crippen molar-refractivity contribution in [3.63, 3.8) is 0 Å². The lowest BCUT2D eigenvalue weighted by molar-refractivity contribution is -0.149. The van der Waals surface area contributed by atoms with E-state index in [-0.39, 0.29) is 18.5 Å². The normalized spacial score (nSPS) is 12.1. The fourth-order valence-corrected chi connectivity index (χ4v) is 2.81. The van der Waals surface area contributed by atoms with Crippen molar-refractivity contribution >= 4 is 12.1 Å². The first kappa shape index (κ1) is 25.7.